The number of hydrogen-bond acceptors (Lipinski definition) is 1. The number of carboxylic acid groups (broad SMARTS) is 1. The molecule has 3 heteroatoms. The molecule has 0 aliphatic heterocycles. The topological polar surface area (TPSA) is 37.3 Å². The fourth-order valence-corrected chi connectivity index (χ4v) is 2.20. The molecule has 0 amide bonds. The molecule has 2 nitrogen and oxygen atoms in total. The molecule has 0 unspecified atom stereocenters. The van der Waals surface area contributed by atoms with E-state index in [0.29, 0.717) is 5.02 Å². The van der Waals surface area contributed by atoms with E-state index < -0.39 is 5.97 Å². The Bertz CT molecular complexity index is 378. The van der Waals surface area contributed by atoms with E-state index in [1.165, 1.54) is 0 Å². The molecule has 1 N–H and O–H groups in total. The van der Waals surface area contributed by atoms with Crippen LogP contribution in [-0.4, -0.2) is 11.1 Å². The Morgan fingerprint density at radius 2 is 2.00 bits per heavy atom. The van der Waals surface area contributed by atoms with Crippen molar-refractivity contribution in [1.29, 1.82) is 0 Å². The lowest BCUT2D eigenvalue weighted by Gasteiger charge is -2.23. The van der Waals surface area contributed by atoms with Crippen LogP contribution in [0.2, 0.25) is 5.02 Å². The SMILES string of the molecule is CC(C)(C)c1c(Cl)cccc1CC(=O)O. The second-order valence-electron chi connectivity index (χ2n) is 4.59. The highest BCUT2D eigenvalue weighted by molar-refractivity contribution is 6.31. The van der Waals surface area contributed by atoms with Crippen LogP contribution in [0.1, 0.15) is 31.9 Å². The standard InChI is InChI=1S/C12H15ClO2/c1-12(2,3)11-8(7-10(14)15)5-4-6-9(11)13/h4-6H,7H2,1-3H3,(H,14,15). The van der Waals surface area contributed by atoms with Gasteiger partial charge in [-0.2, -0.15) is 0 Å². The Morgan fingerprint density at radius 3 is 2.47 bits per heavy atom. The average molecular weight is 227 g/mol. The highest BCUT2D eigenvalue weighted by atomic mass is 35.5. The van der Waals surface area contributed by atoms with Crippen LogP contribution >= 0.6 is 11.6 Å². The summed E-state index contributed by atoms with van der Waals surface area (Å²) >= 11 is 6.10. The summed E-state index contributed by atoms with van der Waals surface area (Å²) in [5.41, 5.74) is 1.58. The van der Waals surface area contributed by atoms with E-state index in [4.69, 9.17) is 16.7 Å². The summed E-state index contributed by atoms with van der Waals surface area (Å²) in [6.45, 7) is 6.08. The molecule has 1 aromatic carbocycles. The molecule has 1 aromatic rings. The maximum Gasteiger partial charge on any atom is 0.307 e. The number of rotatable bonds is 2. The van der Waals surface area contributed by atoms with Gasteiger partial charge in [0.1, 0.15) is 0 Å². The zero-order chi connectivity index (χ0) is 11.6. The molecule has 0 spiro atoms. The first-order valence-corrected chi connectivity index (χ1v) is 5.20. The number of carboxylic acids is 1. The molecule has 1 rings (SSSR count). The second-order valence-corrected chi connectivity index (χ2v) is 5.00. The Morgan fingerprint density at radius 1 is 1.40 bits per heavy atom. The predicted octanol–water partition coefficient (Wildman–Crippen LogP) is 3.26. The van der Waals surface area contributed by atoms with Crippen LogP contribution < -0.4 is 0 Å². The Hall–Kier alpha value is -1.02. The molecule has 0 heterocycles. The van der Waals surface area contributed by atoms with Crippen LogP contribution in [-0.2, 0) is 16.6 Å². The first-order valence-electron chi connectivity index (χ1n) is 4.82. The summed E-state index contributed by atoms with van der Waals surface area (Å²) in [5, 5.41) is 9.44. The molecule has 15 heavy (non-hydrogen) atoms. The number of benzene rings is 1. The summed E-state index contributed by atoms with van der Waals surface area (Å²) in [6.07, 6.45) is 0.0210. The van der Waals surface area contributed by atoms with Gasteiger partial charge in [0, 0.05) is 5.02 Å². The minimum atomic E-state index is -0.831. The first-order chi connectivity index (χ1) is 6.82. The van der Waals surface area contributed by atoms with E-state index in [0.717, 1.165) is 11.1 Å². The molecule has 0 saturated heterocycles. The normalized spacial score (nSPS) is 11.5. The molecule has 0 aliphatic rings. The van der Waals surface area contributed by atoms with Gasteiger partial charge < -0.3 is 5.11 Å². The zero-order valence-corrected chi connectivity index (χ0v) is 9.93. The molecule has 0 radical (unpaired) electrons. The number of halogens is 1. The van der Waals surface area contributed by atoms with Crippen molar-refractivity contribution in [2.45, 2.75) is 32.6 Å². The molecule has 0 fully saturated rings. The van der Waals surface area contributed by atoms with Gasteiger partial charge in [-0.1, -0.05) is 44.5 Å². The first kappa shape index (κ1) is 12.1. The van der Waals surface area contributed by atoms with E-state index in [2.05, 4.69) is 0 Å². The van der Waals surface area contributed by atoms with Crippen LogP contribution in [0.25, 0.3) is 0 Å². The van der Waals surface area contributed by atoms with Gasteiger partial charge in [-0.3, -0.25) is 4.79 Å². The van der Waals surface area contributed by atoms with Crippen LogP contribution in [0, 0.1) is 0 Å². The van der Waals surface area contributed by atoms with E-state index in [9.17, 15) is 4.79 Å². The number of carbonyl (C=O) groups is 1. The van der Waals surface area contributed by atoms with Crippen molar-refractivity contribution < 1.29 is 9.90 Å². The largest absolute Gasteiger partial charge is 0.481 e. The Balaban J connectivity index is 3.27. The van der Waals surface area contributed by atoms with Crippen molar-refractivity contribution in [1.82, 2.24) is 0 Å². The van der Waals surface area contributed by atoms with E-state index in [1.807, 2.05) is 26.8 Å². The quantitative estimate of drug-likeness (QED) is 0.841. The van der Waals surface area contributed by atoms with Crippen molar-refractivity contribution >= 4 is 17.6 Å². The second kappa shape index (κ2) is 4.23. The van der Waals surface area contributed by atoms with Crippen molar-refractivity contribution in [3.8, 4) is 0 Å². The van der Waals surface area contributed by atoms with E-state index in [1.54, 1.807) is 12.1 Å². The van der Waals surface area contributed by atoms with Gasteiger partial charge >= 0.3 is 5.97 Å². The van der Waals surface area contributed by atoms with Gasteiger partial charge in [0.05, 0.1) is 6.42 Å². The van der Waals surface area contributed by atoms with Crippen LogP contribution in [0.3, 0.4) is 0 Å². The van der Waals surface area contributed by atoms with Crippen molar-refractivity contribution in [2.75, 3.05) is 0 Å². The lowest BCUT2D eigenvalue weighted by Crippen LogP contribution is -2.16. The van der Waals surface area contributed by atoms with Crippen molar-refractivity contribution in [3.05, 3.63) is 34.3 Å². The highest BCUT2D eigenvalue weighted by Gasteiger charge is 2.21. The minimum absolute atomic E-state index is 0.0210. The third-order valence-corrected chi connectivity index (χ3v) is 2.51. The highest BCUT2D eigenvalue weighted by Crippen LogP contribution is 2.32. The van der Waals surface area contributed by atoms with Gasteiger partial charge in [0.2, 0.25) is 0 Å². The van der Waals surface area contributed by atoms with E-state index in [-0.39, 0.29) is 11.8 Å². The van der Waals surface area contributed by atoms with Crippen molar-refractivity contribution in [3.63, 3.8) is 0 Å². The monoisotopic (exact) mass is 226 g/mol. The van der Waals surface area contributed by atoms with Crippen molar-refractivity contribution in [2.24, 2.45) is 0 Å². The molecule has 0 aromatic heterocycles. The third kappa shape index (κ3) is 2.96. The Labute approximate surface area is 94.9 Å². The molecule has 82 valence electrons. The summed E-state index contributed by atoms with van der Waals surface area (Å²) in [6, 6.07) is 5.41. The van der Waals surface area contributed by atoms with Crippen LogP contribution in [0.5, 0.6) is 0 Å². The number of hydrogen-bond donors (Lipinski definition) is 1. The average Bonchev–Trinajstić information content (AvgIpc) is 1.99. The van der Waals surface area contributed by atoms with Gasteiger partial charge in [-0.15, -0.1) is 0 Å². The zero-order valence-electron chi connectivity index (χ0n) is 9.17. The minimum Gasteiger partial charge on any atom is -0.481 e. The van der Waals surface area contributed by atoms with E-state index >= 15 is 0 Å². The molecular formula is C12H15ClO2. The smallest absolute Gasteiger partial charge is 0.307 e. The van der Waals surface area contributed by atoms with Gasteiger partial charge in [-0.25, -0.2) is 0 Å². The summed E-state index contributed by atoms with van der Waals surface area (Å²) < 4.78 is 0. The Kier molecular flexibility index (Phi) is 3.40. The third-order valence-electron chi connectivity index (χ3n) is 2.19. The van der Waals surface area contributed by atoms with Gasteiger partial charge in [0.25, 0.3) is 0 Å². The lowest BCUT2D eigenvalue weighted by atomic mass is 9.83. The molecule has 0 atom stereocenters. The van der Waals surface area contributed by atoms with Crippen LogP contribution in [0.4, 0.5) is 0 Å². The van der Waals surface area contributed by atoms with Gasteiger partial charge in [-0.05, 0) is 22.6 Å². The molecule has 0 saturated carbocycles. The number of aliphatic carboxylic acids is 1. The maximum absolute atomic E-state index is 10.7. The molecule has 0 bridgehead atoms. The molecular weight excluding hydrogens is 212 g/mol. The fourth-order valence-electron chi connectivity index (χ4n) is 1.72. The molecule has 0 aliphatic carbocycles. The maximum atomic E-state index is 10.7. The summed E-state index contributed by atoms with van der Waals surface area (Å²) in [5.74, 6) is -0.831. The van der Waals surface area contributed by atoms with Crippen LogP contribution in [0.15, 0.2) is 18.2 Å². The summed E-state index contributed by atoms with van der Waals surface area (Å²) in [7, 11) is 0. The summed E-state index contributed by atoms with van der Waals surface area (Å²) in [4.78, 5) is 10.7. The lowest BCUT2D eigenvalue weighted by molar-refractivity contribution is -0.136. The van der Waals surface area contributed by atoms with Gasteiger partial charge in [0.15, 0.2) is 0 Å². The predicted molar refractivity (Wildman–Crippen MR) is 61.5 cm³/mol. The fraction of sp³-hybridized carbons (Fsp3) is 0.417.